The van der Waals surface area contributed by atoms with Crippen LogP contribution < -0.4 is 5.32 Å². The lowest BCUT2D eigenvalue weighted by Gasteiger charge is -2.18. The molecule has 2 aromatic rings. The van der Waals surface area contributed by atoms with E-state index in [1.165, 1.54) is 19.3 Å². The van der Waals surface area contributed by atoms with E-state index in [1.807, 2.05) is 39.0 Å². The first-order valence-corrected chi connectivity index (χ1v) is 8.66. The third-order valence-electron chi connectivity index (χ3n) is 4.06. The number of unbranched alkanes of at least 4 members (excludes halogenated alkanes) is 3. The van der Waals surface area contributed by atoms with E-state index in [9.17, 15) is 4.79 Å². The van der Waals surface area contributed by atoms with Crippen LogP contribution in [0.4, 0.5) is 0 Å². The van der Waals surface area contributed by atoms with Gasteiger partial charge in [-0.15, -0.1) is 0 Å². The number of aryl methyl sites for hydroxylation is 1. The summed E-state index contributed by atoms with van der Waals surface area (Å²) < 4.78 is 2.26. The molecule has 0 aliphatic heterocycles. The number of carbonyl (C=O) groups is 1. The number of amides is 1. The maximum Gasteiger partial charge on any atom is 0.225 e. The summed E-state index contributed by atoms with van der Waals surface area (Å²) in [6.45, 7) is 9.45. The first-order valence-electron chi connectivity index (χ1n) is 8.66. The number of hydrogen-bond acceptors (Lipinski definition) is 2. The molecule has 0 aliphatic carbocycles. The Morgan fingerprint density at radius 2 is 1.91 bits per heavy atom. The van der Waals surface area contributed by atoms with Crippen LogP contribution in [0, 0.1) is 5.41 Å². The second kappa shape index (κ2) is 7.62. The molecule has 0 fully saturated rings. The van der Waals surface area contributed by atoms with E-state index in [0.29, 0.717) is 6.54 Å². The van der Waals surface area contributed by atoms with Crippen molar-refractivity contribution in [3.63, 3.8) is 0 Å². The van der Waals surface area contributed by atoms with Gasteiger partial charge in [0.2, 0.25) is 5.91 Å². The summed E-state index contributed by atoms with van der Waals surface area (Å²) in [6.07, 6.45) is 4.88. The largest absolute Gasteiger partial charge is 0.348 e. The van der Waals surface area contributed by atoms with Crippen LogP contribution in [0.1, 0.15) is 59.2 Å². The van der Waals surface area contributed by atoms with Crippen molar-refractivity contribution >= 4 is 16.9 Å². The smallest absolute Gasteiger partial charge is 0.225 e. The van der Waals surface area contributed by atoms with Gasteiger partial charge in [0, 0.05) is 12.0 Å². The first kappa shape index (κ1) is 17.5. The number of para-hydroxylation sites is 2. The molecule has 4 nitrogen and oxygen atoms in total. The number of aromatic nitrogens is 2. The Morgan fingerprint density at radius 3 is 2.61 bits per heavy atom. The van der Waals surface area contributed by atoms with Crippen molar-refractivity contribution in [3.05, 3.63) is 30.1 Å². The molecule has 0 saturated carbocycles. The number of nitrogens with one attached hydrogen (secondary N) is 1. The SMILES string of the molecule is CCCCCCn1c(CNC(=O)C(C)(C)C)nc2ccccc21. The van der Waals surface area contributed by atoms with Crippen molar-refractivity contribution in [2.75, 3.05) is 0 Å². The van der Waals surface area contributed by atoms with Crippen molar-refractivity contribution < 1.29 is 4.79 Å². The Morgan fingerprint density at radius 1 is 1.17 bits per heavy atom. The van der Waals surface area contributed by atoms with E-state index >= 15 is 0 Å². The van der Waals surface area contributed by atoms with Gasteiger partial charge < -0.3 is 9.88 Å². The fourth-order valence-electron chi connectivity index (χ4n) is 2.63. The minimum Gasteiger partial charge on any atom is -0.348 e. The second-order valence-electron chi connectivity index (χ2n) is 7.16. The van der Waals surface area contributed by atoms with Crippen molar-refractivity contribution in [2.45, 2.75) is 66.5 Å². The normalized spacial score (nSPS) is 11.8. The summed E-state index contributed by atoms with van der Waals surface area (Å²) in [7, 11) is 0. The van der Waals surface area contributed by atoms with Gasteiger partial charge in [-0.25, -0.2) is 4.98 Å². The molecule has 1 amide bonds. The van der Waals surface area contributed by atoms with E-state index in [-0.39, 0.29) is 11.3 Å². The minimum absolute atomic E-state index is 0.0575. The maximum absolute atomic E-state index is 12.1. The maximum atomic E-state index is 12.1. The highest BCUT2D eigenvalue weighted by Crippen LogP contribution is 2.18. The van der Waals surface area contributed by atoms with Gasteiger partial charge in [-0.1, -0.05) is 59.1 Å². The summed E-state index contributed by atoms with van der Waals surface area (Å²) in [6, 6.07) is 8.20. The van der Waals surface area contributed by atoms with Crippen LogP contribution in [0.3, 0.4) is 0 Å². The molecule has 1 N–H and O–H groups in total. The average Bonchev–Trinajstić information content (AvgIpc) is 2.86. The van der Waals surface area contributed by atoms with Crippen LogP contribution in [0.5, 0.6) is 0 Å². The van der Waals surface area contributed by atoms with Crippen molar-refractivity contribution in [2.24, 2.45) is 5.41 Å². The highest BCUT2D eigenvalue weighted by molar-refractivity contribution is 5.81. The molecule has 2 rings (SSSR count). The number of fused-ring (bicyclic) bond motifs is 1. The molecular weight excluding hydrogens is 286 g/mol. The summed E-state index contributed by atoms with van der Waals surface area (Å²) in [5.74, 6) is 1.00. The average molecular weight is 315 g/mol. The summed E-state index contributed by atoms with van der Waals surface area (Å²) >= 11 is 0. The number of carbonyl (C=O) groups excluding carboxylic acids is 1. The zero-order valence-electron chi connectivity index (χ0n) is 14.9. The van der Waals surface area contributed by atoms with Gasteiger partial charge in [-0.05, 0) is 18.6 Å². The van der Waals surface area contributed by atoms with Crippen LogP contribution in [-0.4, -0.2) is 15.5 Å². The molecule has 0 bridgehead atoms. The van der Waals surface area contributed by atoms with Gasteiger partial charge in [-0.2, -0.15) is 0 Å². The number of imidazole rings is 1. The zero-order chi connectivity index (χ0) is 16.9. The molecule has 0 unspecified atom stereocenters. The van der Waals surface area contributed by atoms with Crippen LogP contribution >= 0.6 is 0 Å². The molecule has 126 valence electrons. The van der Waals surface area contributed by atoms with E-state index in [0.717, 1.165) is 29.8 Å². The molecule has 1 aromatic heterocycles. The van der Waals surface area contributed by atoms with E-state index in [1.54, 1.807) is 0 Å². The third-order valence-corrected chi connectivity index (χ3v) is 4.06. The first-order chi connectivity index (χ1) is 10.9. The van der Waals surface area contributed by atoms with Crippen LogP contribution in [0.15, 0.2) is 24.3 Å². The molecule has 0 atom stereocenters. The topological polar surface area (TPSA) is 46.9 Å². The van der Waals surface area contributed by atoms with Crippen LogP contribution in [0.2, 0.25) is 0 Å². The van der Waals surface area contributed by atoms with Crippen LogP contribution in [-0.2, 0) is 17.9 Å². The summed E-state index contributed by atoms with van der Waals surface area (Å²) in [5.41, 5.74) is 1.78. The van der Waals surface area contributed by atoms with E-state index < -0.39 is 0 Å². The Kier molecular flexibility index (Phi) is 5.80. The molecule has 23 heavy (non-hydrogen) atoms. The van der Waals surface area contributed by atoms with Crippen molar-refractivity contribution in [1.82, 2.24) is 14.9 Å². The predicted molar refractivity (Wildman–Crippen MR) is 95.2 cm³/mol. The lowest BCUT2D eigenvalue weighted by atomic mass is 9.96. The monoisotopic (exact) mass is 315 g/mol. The minimum atomic E-state index is -0.377. The Balaban J connectivity index is 2.15. The lowest BCUT2D eigenvalue weighted by Crippen LogP contribution is -2.35. The highest BCUT2D eigenvalue weighted by atomic mass is 16.2. The highest BCUT2D eigenvalue weighted by Gasteiger charge is 2.21. The standard InChI is InChI=1S/C19H29N3O/c1-5-6-7-10-13-22-16-12-9-8-11-15(16)21-17(22)14-20-18(23)19(2,3)4/h8-9,11-12H,5-7,10,13-14H2,1-4H3,(H,20,23). The molecule has 0 radical (unpaired) electrons. The summed E-state index contributed by atoms with van der Waals surface area (Å²) in [4.78, 5) is 16.8. The zero-order valence-corrected chi connectivity index (χ0v) is 14.9. The van der Waals surface area contributed by atoms with Gasteiger partial charge in [0.15, 0.2) is 0 Å². The van der Waals surface area contributed by atoms with Crippen LogP contribution in [0.25, 0.3) is 11.0 Å². The van der Waals surface area contributed by atoms with Crippen molar-refractivity contribution in [1.29, 1.82) is 0 Å². The van der Waals surface area contributed by atoms with Crippen molar-refractivity contribution in [3.8, 4) is 0 Å². The lowest BCUT2D eigenvalue weighted by molar-refractivity contribution is -0.128. The quantitative estimate of drug-likeness (QED) is 0.775. The third kappa shape index (κ3) is 4.57. The summed E-state index contributed by atoms with van der Waals surface area (Å²) in [5, 5.41) is 3.02. The number of rotatable bonds is 7. The Hall–Kier alpha value is -1.84. The molecule has 1 aromatic carbocycles. The van der Waals surface area contributed by atoms with E-state index in [2.05, 4.69) is 22.9 Å². The van der Waals surface area contributed by atoms with E-state index in [4.69, 9.17) is 4.98 Å². The molecule has 0 aliphatic rings. The number of hydrogen-bond donors (Lipinski definition) is 1. The molecular formula is C19H29N3O. The number of benzene rings is 1. The van der Waals surface area contributed by atoms with Gasteiger partial charge in [-0.3, -0.25) is 4.79 Å². The second-order valence-corrected chi connectivity index (χ2v) is 7.16. The Bertz CT molecular complexity index is 652. The fraction of sp³-hybridized carbons (Fsp3) is 0.579. The number of nitrogens with zero attached hydrogens (tertiary/aromatic N) is 2. The molecule has 1 heterocycles. The molecule has 0 spiro atoms. The Labute approximate surface area is 139 Å². The van der Waals surface area contributed by atoms with Gasteiger partial charge in [0.25, 0.3) is 0 Å². The fourth-order valence-corrected chi connectivity index (χ4v) is 2.63. The van der Waals surface area contributed by atoms with Gasteiger partial charge in [0.05, 0.1) is 17.6 Å². The van der Waals surface area contributed by atoms with Gasteiger partial charge in [0.1, 0.15) is 5.82 Å². The van der Waals surface area contributed by atoms with Gasteiger partial charge >= 0.3 is 0 Å². The molecule has 4 heteroatoms. The predicted octanol–water partition coefficient (Wildman–Crippen LogP) is 4.28. The molecule has 0 saturated heterocycles.